The first kappa shape index (κ1) is 13.4. The molecule has 1 aromatic carbocycles. The highest BCUT2D eigenvalue weighted by atomic mass is 32.1. The molecule has 0 atom stereocenters. The Balaban J connectivity index is 2.61. The maximum Gasteiger partial charge on any atom is 0.335 e. The summed E-state index contributed by atoms with van der Waals surface area (Å²) in [5.41, 5.74) is 0.878. The van der Waals surface area contributed by atoms with Crippen LogP contribution in [0.4, 0.5) is 4.39 Å². The number of rotatable bonds is 3. The van der Waals surface area contributed by atoms with E-state index in [1.54, 1.807) is 6.07 Å². The van der Waals surface area contributed by atoms with Gasteiger partial charge in [-0.1, -0.05) is 19.1 Å². The fraction of sp³-hybridized carbons (Fsp3) is 0.154. The van der Waals surface area contributed by atoms with Crippen molar-refractivity contribution in [2.24, 2.45) is 0 Å². The molecular formula is C13H11FN2O2S. The summed E-state index contributed by atoms with van der Waals surface area (Å²) in [5.74, 6) is -1.11. The average Bonchev–Trinajstić information content (AvgIpc) is 2.37. The van der Waals surface area contributed by atoms with Crippen LogP contribution < -0.4 is 0 Å². The molecule has 2 aromatic rings. The summed E-state index contributed by atoms with van der Waals surface area (Å²) < 4.78 is 13.8. The molecule has 0 bridgehead atoms. The monoisotopic (exact) mass is 278 g/mol. The summed E-state index contributed by atoms with van der Waals surface area (Å²) >= 11 is 5.03. The van der Waals surface area contributed by atoms with Crippen molar-refractivity contribution in [1.29, 1.82) is 0 Å². The number of carbonyl (C=O) groups is 1. The molecule has 0 aliphatic rings. The number of benzene rings is 1. The van der Waals surface area contributed by atoms with Crippen LogP contribution in [0.3, 0.4) is 0 Å². The minimum absolute atomic E-state index is 0.107. The smallest absolute Gasteiger partial charge is 0.335 e. The van der Waals surface area contributed by atoms with Gasteiger partial charge in [-0.2, -0.15) is 0 Å². The lowest BCUT2D eigenvalue weighted by Gasteiger charge is -2.06. The molecule has 0 radical (unpaired) electrons. The van der Waals surface area contributed by atoms with Gasteiger partial charge in [-0.05, 0) is 24.3 Å². The van der Waals surface area contributed by atoms with Crippen molar-refractivity contribution in [1.82, 2.24) is 9.97 Å². The van der Waals surface area contributed by atoms with Gasteiger partial charge < -0.3 is 10.1 Å². The van der Waals surface area contributed by atoms with Gasteiger partial charge in [-0.3, -0.25) is 0 Å². The molecule has 4 nitrogen and oxygen atoms in total. The normalized spacial score (nSPS) is 10.4. The Morgan fingerprint density at radius 1 is 1.42 bits per heavy atom. The molecule has 0 aliphatic carbocycles. The van der Waals surface area contributed by atoms with Gasteiger partial charge in [0, 0.05) is 17.7 Å². The number of carboxylic acid groups (broad SMARTS) is 1. The number of nitrogens with zero attached hydrogens (tertiary/aromatic N) is 1. The zero-order valence-electron chi connectivity index (χ0n) is 10.1. The molecule has 98 valence electrons. The molecule has 0 aliphatic heterocycles. The van der Waals surface area contributed by atoms with Crippen molar-refractivity contribution in [3.8, 4) is 11.3 Å². The topological polar surface area (TPSA) is 66.0 Å². The molecule has 2 rings (SSSR count). The first-order valence-electron chi connectivity index (χ1n) is 5.64. The summed E-state index contributed by atoms with van der Waals surface area (Å²) in [4.78, 5) is 18.0. The lowest BCUT2D eigenvalue weighted by atomic mass is 10.1. The second kappa shape index (κ2) is 5.27. The molecule has 0 fully saturated rings. The zero-order valence-corrected chi connectivity index (χ0v) is 10.9. The fourth-order valence-electron chi connectivity index (χ4n) is 1.70. The first-order chi connectivity index (χ1) is 8.99. The van der Waals surface area contributed by atoms with Crippen molar-refractivity contribution in [2.75, 3.05) is 0 Å². The van der Waals surface area contributed by atoms with E-state index in [1.807, 2.05) is 6.92 Å². The molecule has 1 aromatic heterocycles. The maximum atomic E-state index is 13.4. The van der Waals surface area contributed by atoms with Crippen molar-refractivity contribution >= 4 is 18.2 Å². The van der Waals surface area contributed by atoms with Gasteiger partial charge in [0.25, 0.3) is 0 Å². The van der Waals surface area contributed by atoms with E-state index in [1.165, 1.54) is 12.1 Å². The Bertz CT molecular complexity index is 697. The minimum Gasteiger partial charge on any atom is -0.478 e. The number of hydrogen-bond donors (Lipinski definition) is 2. The van der Waals surface area contributed by atoms with Gasteiger partial charge in [0.05, 0.1) is 5.56 Å². The Hall–Kier alpha value is -2.08. The fourth-order valence-corrected chi connectivity index (χ4v) is 1.93. The van der Waals surface area contributed by atoms with Crippen LogP contribution in [-0.4, -0.2) is 21.0 Å². The highest BCUT2D eigenvalue weighted by molar-refractivity contribution is 7.71. The Labute approximate surface area is 114 Å². The van der Waals surface area contributed by atoms with Crippen LogP contribution in [0, 0.1) is 10.5 Å². The predicted octanol–water partition coefficient (Wildman–Crippen LogP) is 3.21. The predicted molar refractivity (Wildman–Crippen MR) is 71.2 cm³/mol. The van der Waals surface area contributed by atoms with Crippen molar-refractivity contribution in [3.63, 3.8) is 0 Å². The summed E-state index contributed by atoms with van der Waals surface area (Å²) in [5, 5.41) is 8.93. The van der Waals surface area contributed by atoms with E-state index in [4.69, 9.17) is 17.3 Å². The molecule has 6 heteroatoms. The van der Waals surface area contributed by atoms with Gasteiger partial charge in [-0.15, -0.1) is 0 Å². The summed E-state index contributed by atoms with van der Waals surface area (Å²) in [7, 11) is 0. The number of nitrogens with one attached hydrogen (secondary N) is 1. The van der Waals surface area contributed by atoms with Crippen LogP contribution in [0.5, 0.6) is 0 Å². The number of halogens is 1. The molecule has 0 unspecified atom stereocenters. The molecule has 0 saturated carbocycles. The van der Waals surface area contributed by atoms with Crippen LogP contribution in [0.15, 0.2) is 24.3 Å². The quantitative estimate of drug-likeness (QED) is 0.846. The third-order valence-corrected chi connectivity index (χ3v) is 2.79. The second-order valence-electron chi connectivity index (χ2n) is 3.97. The highest BCUT2D eigenvalue weighted by Crippen LogP contribution is 2.20. The van der Waals surface area contributed by atoms with E-state index in [0.29, 0.717) is 28.1 Å². The van der Waals surface area contributed by atoms with E-state index >= 15 is 0 Å². The number of aromatic amines is 1. The van der Waals surface area contributed by atoms with Gasteiger partial charge in [0.15, 0.2) is 0 Å². The molecule has 0 spiro atoms. The van der Waals surface area contributed by atoms with Crippen molar-refractivity contribution in [2.45, 2.75) is 13.3 Å². The molecule has 19 heavy (non-hydrogen) atoms. The number of carboxylic acids is 1. The van der Waals surface area contributed by atoms with Gasteiger partial charge in [-0.25, -0.2) is 14.2 Å². The van der Waals surface area contributed by atoms with Crippen LogP contribution in [0.2, 0.25) is 0 Å². The third-order valence-electron chi connectivity index (χ3n) is 2.58. The Morgan fingerprint density at radius 3 is 2.79 bits per heavy atom. The average molecular weight is 278 g/mol. The van der Waals surface area contributed by atoms with Crippen molar-refractivity contribution in [3.05, 3.63) is 46.1 Å². The largest absolute Gasteiger partial charge is 0.478 e. The lowest BCUT2D eigenvalue weighted by molar-refractivity contribution is 0.0696. The van der Waals surface area contributed by atoms with Gasteiger partial charge in [0.1, 0.15) is 16.3 Å². The summed E-state index contributed by atoms with van der Waals surface area (Å²) in [6.07, 6.45) is 0.651. The number of aryl methyl sites for hydroxylation is 1. The zero-order chi connectivity index (χ0) is 14.0. The van der Waals surface area contributed by atoms with E-state index in [0.717, 1.165) is 6.07 Å². The minimum atomic E-state index is -1.18. The number of aromatic carboxylic acids is 1. The van der Waals surface area contributed by atoms with Crippen molar-refractivity contribution < 1.29 is 14.3 Å². The van der Waals surface area contributed by atoms with E-state index < -0.39 is 11.8 Å². The molecule has 2 N–H and O–H groups in total. The van der Waals surface area contributed by atoms with E-state index in [-0.39, 0.29) is 5.56 Å². The van der Waals surface area contributed by atoms with E-state index in [2.05, 4.69) is 9.97 Å². The Kier molecular flexibility index (Phi) is 3.71. The van der Waals surface area contributed by atoms with E-state index in [9.17, 15) is 9.18 Å². The number of aromatic nitrogens is 2. The molecule has 0 saturated heterocycles. The highest BCUT2D eigenvalue weighted by Gasteiger charge is 2.09. The third kappa shape index (κ3) is 3.03. The second-order valence-corrected chi connectivity index (χ2v) is 4.39. The number of hydrogen-bond acceptors (Lipinski definition) is 3. The number of H-pyrrole nitrogens is 1. The molecule has 1 heterocycles. The molecule has 0 amide bonds. The van der Waals surface area contributed by atoms with Crippen LogP contribution in [-0.2, 0) is 6.42 Å². The van der Waals surface area contributed by atoms with Gasteiger partial charge >= 0.3 is 5.97 Å². The standard InChI is InChI=1S/C13H11FN2O2S/c1-2-11-15-10(6-12(19)16-11)7-3-8(13(17)18)5-9(14)4-7/h3-6H,2H2,1H3,(H,17,18)(H,15,16,19). The summed E-state index contributed by atoms with van der Waals surface area (Å²) in [6, 6.07) is 5.20. The van der Waals surface area contributed by atoms with Crippen LogP contribution >= 0.6 is 12.2 Å². The van der Waals surface area contributed by atoms with Gasteiger partial charge in [0.2, 0.25) is 0 Å². The van der Waals surface area contributed by atoms with Crippen LogP contribution in [0.25, 0.3) is 11.3 Å². The maximum absolute atomic E-state index is 13.4. The summed E-state index contributed by atoms with van der Waals surface area (Å²) in [6.45, 7) is 1.91. The Morgan fingerprint density at radius 2 is 2.16 bits per heavy atom. The first-order valence-corrected chi connectivity index (χ1v) is 6.05. The SMILES string of the molecule is CCc1nc(=S)cc(-c2cc(F)cc(C(=O)O)c2)[nH]1. The lowest BCUT2D eigenvalue weighted by Crippen LogP contribution is -2.00. The molecular weight excluding hydrogens is 267 g/mol. The van der Waals surface area contributed by atoms with Crippen LogP contribution in [0.1, 0.15) is 23.1 Å².